The first-order valence-corrected chi connectivity index (χ1v) is 15.0. The molecule has 4 heteroatoms. The molecule has 1 saturated heterocycles. The Balaban J connectivity index is 1.41. The van der Waals surface area contributed by atoms with Crippen molar-refractivity contribution in [1.29, 1.82) is 0 Å². The number of benzene rings is 1. The van der Waals surface area contributed by atoms with Crippen molar-refractivity contribution < 1.29 is 18.9 Å². The summed E-state index contributed by atoms with van der Waals surface area (Å²) in [6.45, 7) is 13.9. The number of allylic oxidation sites excluding steroid dienone is 4. The highest BCUT2D eigenvalue weighted by Crippen LogP contribution is 2.60. The first kappa shape index (κ1) is 29.4. The van der Waals surface area contributed by atoms with Crippen LogP contribution in [0.4, 0.5) is 0 Å². The van der Waals surface area contributed by atoms with Crippen LogP contribution < -0.4 is 4.74 Å². The van der Waals surface area contributed by atoms with Crippen molar-refractivity contribution in [3.8, 4) is 5.75 Å². The standard InChI is InChI=1S/C34H52O4/c1-25(12-16-29-26(2)13-18-31-33(3,4)19-9-20-34(29,31)5)11-15-28-22-27(14-17-30(28)38-24-35-6)23-37-32-10-7-8-21-36-32/h11,14,17,22,31-32H,7-10,12-13,15-16,18-21,23-24H2,1-6H3/b25-11+/t31-,32?,34+/m0/s1. The van der Waals surface area contributed by atoms with E-state index in [-0.39, 0.29) is 13.1 Å². The summed E-state index contributed by atoms with van der Waals surface area (Å²) in [6.07, 6.45) is 15.5. The van der Waals surface area contributed by atoms with Gasteiger partial charge >= 0.3 is 0 Å². The smallest absolute Gasteiger partial charge is 0.188 e. The van der Waals surface area contributed by atoms with Crippen molar-refractivity contribution in [3.05, 3.63) is 52.1 Å². The van der Waals surface area contributed by atoms with E-state index < -0.39 is 0 Å². The van der Waals surface area contributed by atoms with Gasteiger partial charge in [0, 0.05) is 13.7 Å². The number of methoxy groups -OCH3 is 1. The molecule has 1 aliphatic heterocycles. The molecule has 0 spiro atoms. The summed E-state index contributed by atoms with van der Waals surface area (Å²) < 4.78 is 22.9. The van der Waals surface area contributed by atoms with Crippen LogP contribution in [0.5, 0.6) is 5.75 Å². The Hall–Kier alpha value is -1.62. The molecule has 1 aromatic carbocycles. The molecule has 0 bridgehead atoms. The lowest BCUT2D eigenvalue weighted by Crippen LogP contribution is -2.45. The van der Waals surface area contributed by atoms with E-state index in [1.165, 1.54) is 56.1 Å². The molecule has 3 aliphatic rings. The van der Waals surface area contributed by atoms with E-state index in [1.807, 2.05) is 0 Å². The lowest BCUT2D eigenvalue weighted by molar-refractivity contribution is -0.168. The molecule has 2 aliphatic carbocycles. The molecule has 4 rings (SSSR count). The predicted molar refractivity (Wildman–Crippen MR) is 155 cm³/mol. The molecule has 1 saturated carbocycles. The maximum atomic E-state index is 6.05. The molecule has 0 N–H and O–H groups in total. The first-order chi connectivity index (χ1) is 18.2. The minimum Gasteiger partial charge on any atom is -0.467 e. The van der Waals surface area contributed by atoms with Crippen LogP contribution in [0.2, 0.25) is 0 Å². The monoisotopic (exact) mass is 524 g/mol. The first-order valence-electron chi connectivity index (χ1n) is 15.0. The van der Waals surface area contributed by atoms with Gasteiger partial charge in [0.1, 0.15) is 5.75 Å². The van der Waals surface area contributed by atoms with Gasteiger partial charge in [0.05, 0.1) is 6.61 Å². The molecule has 212 valence electrons. The molecule has 2 fully saturated rings. The zero-order valence-electron chi connectivity index (χ0n) is 25.0. The molecule has 1 aromatic rings. The Labute approximate surface area is 232 Å². The highest BCUT2D eigenvalue weighted by Gasteiger charge is 2.49. The van der Waals surface area contributed by atoms with Gasteiger partial charge in [-0.1, -0.05) is 56.1 Å². The highest BCUT2D eigenvalue weighted by molar-refractivity contribution is 5.39. The number of hydrogen-bond acceptors (Lipinski definition) is 4. The fourth-order valence-electron chi connectivity index (χ4n) is 7.58. The minimum atomic E-state index is -0.0764. The second-order valence-corrected chi connectivity index (χ2v) is 13.0. The second-order valence-electron chi connectivity index (χ2n) is 13.0. The van der Waals surface area contributed by atoms with Crippen LogP contribution in [0.15, 0.2) is 41.0 Å². The molecule has 0 aromatic heterocycles. The zero-order valence-corrected chi connectivity index (χ0v) is 25.0. The maximum Gasteiger partial charge on any atom is 0.188 e. The Kier molecular flexibility index (Phi) is 10.2. The minimum absolute atomic E-state index is 0.0764. The van der Waals surface area contributed by atoms with E-state index in [0.29, 0.717) is 17.4 Å². The third-order valence-electron chi connectivity index (χ3n) is 9.71. The summed E-state index contributed by atoms with van der Waals surface area (Å²) in [5.41, 5.74) is 8.07. The van der Waals surface area contributed by atoms with Crippen LogP contribution in [-0.4, -0.2) is 26.8 Å². The van der Waals surface area contributed by atoms with E-state index in [1.54, 1.807) is 18.3 Å². The van der Waals surface area contributed by atoms with E-state index in [2.05, 4.69) is 58.9 Å². The van der Waals surface area contributed by atoms with Crippen molar-refractivity contribution in [1.82, 2.24) is 0 Å². The van der Waals surface area contributed by atoms with Gasteiger partial charge in [-0.15, -0.1) is 0 Å². The quantitative estimate of drug-likeness (QED) is 0.214. The van der Waals surface area contributed by atoms with Gasteiger partial charge < -0.3 is 18.9 Å². The average Bonchev–Trinajstić information content (AvgIpc) is 2.89. The third kappa shape index (κ3) is 7.11. The molecule has 0 radical (unpaired) electrons. The van der Waals surface area contributed by atoms with Crippen LogP contribution in [0.3, 0.4) is 0 Å². The van der Waals surface area contributed by atoms with E-state index >= 15 is 0 Å². The van der Waals surface area contributed by atoms with Gasteiger partial charge in [0.15, 0.2) is 13.1 Å². The SMILES string of the molecule is COCOc1ccc(COC2CCCCO2)cc1C/C=C(\C)CCC1=C(C)CC[C@H]2C(C)(C)CCC[C@]12C. The lowest BCUT2D eigenvalue weighted by atomic mass is 9.50. The average molecular weight is 525 g/mol. The summed E-state index contributed by atoms with van der Waals surface area (Å²) >= 11 is 0. The van der Waals surface area contributed by atoms with Crippen LogP contribution in [0.1, 0.15) is 110 Å². The fraction of sp³-hybridized carbons (Fsp3) is 0.706. The summed E-state index contributed by atoms with van der Waals surface area (Å²) in [5, 5.41) is 0. The Morgan fingerprint density at radius 3 is 2.71 bits per heavy atom. The summed E-state index contributed by atoms with van der Waals surface area (Å²) in [4.78, 5) is 0. The van der Waals surface area contributed by atoms with Crippen molar-refractivity contribution >= 4 is 0 Å². The summed E-state index contributed by atoms with van der Waals surface area (Å²) in [7, 11) is 1.66. The molecule has 38 heavy (non-hydrogen) atoms. The Bertz CT molecular complexity index is 984. The van der Waals surface area contributed by atoms with E-state index in [0.717, 1.165) is 49.5 Å². The van der Waals surface area contributed by atoms with Gasteiger partial charge in [-0.3, -0.25) is 0 Å². The molecule has 3 atom stereocenters. The number of fused-ring (bicyclic) bond motifs is 1. The summed E-state index contributed by atoms with van der Waals surface area (Å²) in [6, 6.07) is 6.37. The predicted octanol–water partition coefficient (Wildman–Crippen LogP) is 8.92. The summed E-state index contributed by atoms with van der Waals surface area (Å²) in [5.74, 6) is 1.70. The molecular weight excluding hydrogens is 472 g/mol. The van der Waals surface area contributed by atoms with Gasteiger partial charge in [-0.05, 0) is 118 Å². The fourth-order valence-corrected chi connectivity index (χ4v) is 7.58. The van der Waals surface area contributed by atoms with Gasteiger partial charge in [-0.25, -0.2) is 0 Å². The molecule has 4 nitrogen and oxygen atoms in total. The lowest BCUT2D eigenvalue weighted by Gasteiger charge is -2.55. The topological polar surface area (TPSA) is 36.9 Å². The number of rotatable bonds is 11. The van der Waals surface area contributed by atoms with Crippen LogP contribution >= 0.6 is 0 Å². The van der Waals surface area contributed by atoms with Crippen LogP contribution in [0, 0.1) is 16.7 Å². The zero-order chi connectivity index (χ0) is 27.2. The van der Waals surface area contributed by atoms with E-state index in [4.69, 9.17) is 18.9 Å². The van der Waals surface area contributed by atoms with Crippen molar-refractivity contribution in [2.24, 2.45) is 16.7 Å². The Morgan fingerprint density at radius 1 is 1.11 bits per heavy atom. The third-order valence-corrected chi connectivity index (χ3v) is 9.71. The molecule has 0 amide bonds. The maximum absolute atomic E-state index is 6.05. The van der Waals surface area contributed by atoms with Crippen LogP contribution in [0.25, 0.3) is 0 Å². The van der Waals surface area contributed by atoms with Crippen molar-refractivity contribution in [3.63, 3.8) is 0 Å². The Morgan fingerprint density at radius 2 is 1.95 bits per heavy atom. The number of ether oxygens (including phenoxy) is 4. The van der Waals surface area contributed by atoms with Crippen molar-refractivity contribution in [2.75, 3.05) is 20.5 Å². The normalized spacial score (nSPS) is 27.8. The van der Waals surface area contributed by atoms with Crippen LogP contribution in [-0.2, 0) is 27.2 Å². The van der Waals surface area contributed by atoms with Gasteiger partial charge in [0.25, 0.3) is 0 Å². The van der Waals surface area contributed by atoms with Gasteiger partial charge in [0.2, 0.25) is 0 Å². The largest absolute Gasteiger partial charge is 0.467 e. The molecular formula is C34H52O4. The van der Waals surface area contributed by atoms with Gasteiger partial charge in [-0.2, -0.15) is 0 Å². The second kappa shape index (κ2) is 13.2. The van der Waals surface area contributed by atoms with Crippen molar-refractivity contribution in [2.45, 2.75) is 118 Å². The van der Waals surface area contributed by atoms with E-state index in [9.17, 15) is 0 Å². The molecule has 1 heterocycles. The molecule has 1 unspecified atom stereocenters. The highest BCUT2D eigenvalue weighted by atomic mass is 16.7. The number of hydrogen-bond donors (Lipinski definition) is 0.